The van der Waals surface area contributed by atoms with E-state index in [1.165, 1.54) is 30.3 Å². The van der Waals surface area contributed by atoms with Gasteiger partial charge in [0.15, 0.2) is 0 Å². The van der Waals surface area contributed by atoms with Crippen molar-refractivity contribution in [1.82, 2.24) is 0 Å². The molecular weight excluding hydrogens is 453 g/mol. The van der Waals surface area contributed by atoms with Gasteiger partial charge in [-0.25, -0.2) is 16.8 Å². The fourth-order valence-electron chi connectivity index (χ4n) is 2.65. The van der Waals surface area contributed by atoms with Gasteiger partial charge in [0, 0.05) is 5.69 Å². The van der Waals surface area contributed by atoms with Gasteiger partial charge in [-0.3, -0.25) is 9.44 Å². The summed E-state index contributed by atoms with van der Waals surface area (Å²) in [6.45, 7) is 1.58. The summed E-state index contributed by atoms with van der Waals surface area (Å²) in [4.78, 5) is -0.328. The summed E-state index contributed by atoms with van der Waals surface area (Å²) in [5.41, 5.74) is -0.803. The summed E-state index contributed by atoms with van der Waals surface area (Å²) >= 11 is 0. The molecule has 3 aromatic carbocycles. The average molecular weight is 470 g/mol. The van der Waals surface area contributed by atoms with Gasteiger partial charge in [-0.2, -0.15) is 13.2 Å². The Labute approximate surface area is 177 Å². The summed E-state index contributed by atoms with van der Waals surface area (Å²) < 4.78 is 93.5. The van der Waals surface area contributed by atoms with Crippen LogP contribution in [0.2, 0.25) is 0 Å². The summed E-state index contributed by atoms with van der Waals surface area (Å²) in [6, 6.07) is 15.0. The third kappa shape index (κ3) is 5.36. The smallest absolute Gasteiger partial charge is 0.280 e. The van der Waals surface area contributed by atoms with Crippen LogP contribution in [0.1, 0.15) is 11.1 Å². The van der Waals surface area contributed by atoms with E-state index in [2.05, 4.69) is 9.44 Å². The number of rotatable bonds is 6. The molecule has 0 aromatic heterocycles. The van der Waals surface area contributed by atoms with Crippen molar-refractivity contribution in [2.75, 3.05) is 9.44 Å². The quantitative estimate of drug-likeness (QED) is 0.550. The molecule has 0 aliphatic heterocycles. The number of nitrogens with one attached hydrogen (secondary N) is 2. The summed E-state index contributed by atoms with van der Waals surface area (Å²) in [7, 11) is -8.26. The van der Waals surface area contributed by atoms with Gasteiger partial charge in [0.05, 0.1) is 21.0 Å². The van der Waals surface area contributed by atoms with E-state index in [0.717, 1.165) is 18.2 Å². The Kier molecular flexibility index (Phi) is 6.01. The molecule has 0 aliphatic carbocycles. The molecule has 0 radical (unpaired) electrons. The molecule has 0 atom stereocenters. The number of aryl methyl sites for hydroxylation is 1. The zero-order valence-electron chi connectivity index (χ0n) is 16.0. The molecule has 31 heavy (non-hydrogen) atoms. The Morgan fingerprint density at radius 1 is 0.710 bits per heavy atom. The van der Waals surface area contributed by atoms with Gasteiger partial charge in [0.2, 0.25) is 0 Å². The zero-order chi connectivity index (χ0) is 22.9. The fourth-order valence-corrected chi connectivity index (χ4v) is 4.87. The fraction of sp³-hybridized carbons (Fsp3) is 0.100. The molecule has 0 aliphatic rings. The second kappa shape index (κ2) is 8.23. The maximum Gasteiger partial charge on any atom is 0.416 e. The lowest BCUT2D eigenvalue weighted by atomic mass is 10.2. The highest BCUT2D eigenvalue weighted by molar-refractivity contribution is 7.93. The number of sulfonamides is 2. The summed E-state index contributed by atoms with van der Waals surface area (Å²) in [5, 5.41) is 0. The van der Waals surface area contributed by atoms with Crippen LogP contribution in [0.4, 0.5) is 24.5 Å². The summed E-state index contributed by atoms with van der Waals surface area (Å²) in [5.74, 6) is 0. The van der Waals surface area contributed by atoms with Crippen LogP contribution in [-0.4, -0.2) is 16.8 Å². The van der Waals surface area contributed by atoms with Crippen LogP contribution in [0, 0.1) is 6.92 Å². The van der Waals surface area contributed by atoms with Crippen molar-refractivity contribution in [3.8, 4) is 0 Å². The third-order valence-electron chi connectivity index (χ3n) is 4.26. The van der Waals surface area contributed by atoms with Crippen molar-refractivity contribution in [3.05, 3.63) is 83.9 Å². The predicted octanol–water partition coefficient (Wildman–Crippen LogP) is 4.62. The number of anilines is 2. The second-order valence-corrected chi connectivity index (χ2v) is 9.94. The number of hydrogen-bond donors (Lipinski definition) is 2. The van der Waals surface area contributed by atoms with Crippen LogP contribution in [0.3, 0.4) is 0 Å². The first-order valence-electron chi connectivity index (χ1n) is 8.77. The van der Waals surface area contributed by atoms with Gasteiger partial charge < -0.3 is 0 Å². The number of hydrogen-bond acceptors (Lipinski definition) is 4. The lowest BCUT2D eigenvalue weighted by Crippen LogP contribution is -2.16. The Morgan fingerprint density at radius 2 is 1.35 bits per heavy atom. The van der Waals surface area contributed by atoms with Crippen molar-refractivity contribution in [1.29, 1.82) is 0 Å². The first-order chi connectivity index (χ1) is 14.4. The first-order valence-corrected chi connectivity index (χ1v) is 11.7. The van der Waals surface area contributed by atoms with Crippen molar-refractivity contribution >= 4 is 31.4 Å². The van der Waals surface area contributed by atoms with Crippen molar-refractivity contribution < 1.29 is 30.0 Å². The zero-order valence-corrected chi connectivity index (χ0v) is 17.6. The molecule has 0 fully saturated rings. The van der Waals surface area contributed by atoms with E-state index in [1.54, 1.807) is 25.1 Å². The molecule has 11 heteroatoms. The molecule has 0 bridgehead atoms. The minimum atomic E-state index is -4.63. The van der Waals surface area contributed by atoms with Crippen LogP contribution < -0.4 is 9.44 Å². The lowest BCUT2D eigenvalue weighted by molar-refractivity contribution is -0.137. The monoisotopic (exact) mass is 470 g/mol. The highest BCUT2D eigenvalue weighted by Gasteiger charge is 2.30. The second-order valence-electron chi connectivity index (χ2n) is 6.58. The normalized spacial score (nSPS) is 12.4. The Bertz CT molecular complexity index is 1310. The number of benzene rings is 3. The Balaban J connectivity index is 1.92. The predicted molar refractivity (Wildman–Crippen MR) is 111 cm³/mol. The number of halogens is 3. The first kappa shape index (κ1) is 22.6. The number of alkyl halides is 3. The van der Waals surface area contributed by atoms with Gasteiger partial charge in [-0.15, -0.1) is 0 Å². The highest BCUT2D eigenvalue weighted by atomic mass is 32.2. The van der Waals surface area contributed by atoms with Crippen LogP contribution in [-0.2, 0) is 26.2 Å². The van der Waals surface area contributed by atoms with Crippen LogP contribution >= 0.6 is 0 Å². The maximum atomic E-state index is 12.9. The van der Waals surface area contributed by atoms with Gasteiger partial charge in [0.25, 0.3) is 20.0 Å². The largest absolute Gasteiger partial charge is 0.416 e. The molecule has 2 N–H and O–H groups in total. The van der Waals surface area contributed by atoms with E-state index < -0.39 is 31.8 Å². The van der Waals surface area contributed by atoms with E-state index in [9.17, 15) is 30.0 Å². The van der Waals surface area contributed by atoms with Crippen LogP contribution in [0.25, 0.3) is 0 Å². The Morgan fingerprint density at radius 3 is 2.00 bits per heavy atom. The molecule has 0 saturated heterocycles. The van der Waals surface area contributed by atoms with E-state index in [4.69, 9.17) is 0 Å². The Hall–Kier alpha value is -3.05. The minimum Gasteiger partial charge on any atom is -0.280 e. The van der Waals surface area contributed by atoms with Crippen LogP contribution in [0.5, 0.6) is 0 Å². The van der Waals surface area contributed by atoms with E-state index in [1.807, 2.05) is 0 Å². The summed E-state index contributed by atoms with van der Waals surface area (Å²) in [6.07, 6.45) is -4.63. The molecule has 3 aromatic rings. The van der Waals surface area contributed by atoms with E-state index >= 15 is 0 Å². The minimum absolute atomic E-state index is 0.00949. The molecule has 164 valence electrons. The molecular formula is C20H17F3N2O4S2. The molecule has 0 spiro atoms. The van der Waals surface area contributed by atoms with Crippen LogP contribution in [0.15, 0.2) is 82.6 Å². The molecule has 0 unspecified atom stereocenters. The topological polar surface area (TPSA) is 92.3 Å². The van der Waals surface area contributed by atoms with Crippen molar-refractivity contribution in [3.63, 3.8) is 0 Å². The van der Waals surface area contributed by atoms with Gasteiger partial charge >= 0.3 is 6.18 Å². The van der Waals surface area contributed by atoms with Gasteiger partial charge in [0.1, 0.15) is 0 Å². The maximum absolute atomic E-state index is 12.9. The molecule has 0 amide bonds. The standard InChI is InChI=1S/C20H17F3N2O4S2/c1-14-10-11-18(13-19(14)25-30(26,27)17-8-3-2-4-9-17)31(28,29)24-16-7-5-6-15(12-16)20(21,22)23/h2-13,24-25H,1H3. The SMILES string of the molecule is Cc1ccc(S(=O)(=O)Nc2cccc(C(F)(F)F)c2)cc1NS(=O)(=O)c1ccccc1. The van der Waals surface area contributed by atoms with Crippen molar-refractivity contribution in [2.45, 2.75) is 22.9 Å². The lowest BCUT2D eigenvalue weighted by Gasteiger charge is -2.14. The van der Waals surface area contributed by atoms with E-state index in [0.29, 0.717) is 11.6 Å². The molecule has 3 rings (SSSR count). The molecule has 6 nitrogen and oxygen atoms in total. The van der Waals surface area contributed by atoms with Crippen molar-refractivity contribution in [2.24, 2.45) is 0 Å². The molecule has 0 saturated carbocycles. The van der Waals surface area contributed by atoms with E-state index in [-0.39, 0.29) is 21.2 Å². The third-order valence-corrected chi connectivity index (χ3v) is 7.02. The van der Waals surface area contributed by atoms with Gasteiger partial charge in [-0.1, -0.05) is 30.3 Å². The van der Waals surface area contributed by atoms with Gasteiger partial charge in [-0.05, 0) is 55.0 Å². The molecule has 0 heterocycles. The highest BCUT2D eigenvalue weighted by Crippen LogP contribution is 2.31. The average Bonchev–Trinajstić information content (AvgIpc) is 2.69.